The van der Waals surface area contributed by atoms with Crippen molar-refractivity contribution in [3.63, 3.8) is 0 Å². The zero-order chi connectivity index (χ0) is 11.3. The number of esters is 1. The van der Waals surface area contributed by atoms with Crippen molar-refractivity contribution < 1.29 is 9.53 Å². The lowest BCUT2D eigenvalue weighted by Crippen LogP contribution is -2.05. The summed E-state index contributed by atoms with van der Waals surface area (Å²) in [5, 5.41) is 8.76. The Kier molecular flexibility index (Phi) is 4.53. The molecular weight excluding hydrogens is 278 g/mol. The lowest BCUT2D eigenvalue weighted by Gasteiger charge is -1.97. The van der Waals surface area contributed by atoms with Gasteiger partial charge < -0.3 is 4.74 Å². The van der Waals surface area contributed by atoms with Gasteiger partial charge in [0.15, 0.2) is 0 Å². The molecule has 15 heavy (non-hydrogen) atoms. The lowest BCUT2D eigenvalue weighted by molar-refractivity contribution is -0.137. The minimum absolute atomic E-state index is 0.0196. The predicted molar refractivity (Wildman–Crippen MR) is 62.2 cm³/mol. The van der Waals surface area contributed by atoms with Gasteiger partial charge in [-0.2, -0.15) is 5.26 Å². The van der Waals surface area contributed by atoms with Gasteiger partial charge in [0.25, 0.3) is 0 Å². The lowest BCUT2D eigenvalue weighted by atomic mass is 10.2. The number of nitrogens with zero attached hydrogens (tertiary/aromatic N) is 1. The smallest absolute Gasteiger partial charge is 0.348 e. The summed E-state index contributed by atoms with van der Waals surface area (Å²) in [6.07, 6.45) is 1.52. The first-order chi connectivity index (χ1) is 7.17. The molecule has 0 spiro atoms. The zero-order valence-corrected chi connectivity index (χ0v) is 10.4. The molecule has 0 aliphatic carbocycles. The molecule has 1 rings (SSSR count). The second kappa shape index (κ2) is 5.69. The Balaban J connectivity index is 2.88. The van der Waals surface area contributed by atoms with Gasteiger partial charge >= 0.3 is 5.97 Å². The van der Waals surface area contributed by atoms with E-state index in [1.807, 2.05) is 18.2 Å². The minimum atomic E-state index is -0.579. The maximum atomic E-state index is 11.3. The predicted octanol–water partition coefficient (Wildman–Crippen LogP) is 2.98. The molecule has 3 nitrogen and oxygen atoms in total. The van der Waals surface area contributed by atoms with Crippen LogP contribution in [0.4, 0.5) is 0 Å². The molecule has 0 radical (unpaired) electrons. The van der Waals surface area contributed by atoms with E-state index in [2.05, 4.69) is 15.9 Å². The van der Waals surface area contributed by atoms with Crippen LogP contribution in [0, 0.1) is 11.3 Å². The molecular formula is C10H8BrNO2S. The maximum absolute atomic E-state index is 11.3. The van der Waals surface area contributed by atoms with Crippen molar-refractivity contribution in [2.45, 2.75) is 6.92 Å². The molecule has 1 aromatic rings. The molecule has 0 fully saturated rings. The van der Waals surface area contributed by atoms with Crippen molar-refractivity contribution in [2.75, 3.05) is 6.61 Å². The quantitative estimate of drug-likeness (QED) is 0.487. The van der Waals surface area contributed by atoms with Crippen LogP contribution in [0.3, 0.4) is 0 Å². The summed E-state index contributed by atoms with van der Waals surface area (Å²) in [7, 11) is 0. The van der Waals surface area contributed by atoms with Crippen molar-refractivity contribution in [3.05, 3.63) is 26.4 Å². The molecule has 0 saturated carbocycles. The molecule has 1 heterocycles. The van der Waals surface area contributed by atoms with Crippen molar-refractivity contribution >= 4 is 39.3 Å². The minimum Gasteiger partial charge on any atom is -0.462 e. The van der Waals surface area contributed by atoms with E-state index in [0.29, 0.717) is 0 Å². The van der Waals surface area contributed by atoms with Crippen molar-refractivity contribution in [1.82, 2.24) is 0 Å². The fourth-order valence-corrected chi connectivity index (χ4v) is 2.26. The van der Waals surface area contributed by atoms with Gasteiger partial charge in [0.2, 0.25) is 0 Å². The number of thiophene rings is 1. The van der Waals surface area contributed by atoms with Gasteiger partial charge in [0, 0.05) is 4.88 Å². The van der Waals surface area contributed by atoms with Crippen LogP contribution in [-0.4, -0.2) is 12.6 Å². The van der Waals surface area contributed by atoms with Crippen LogP contribution >= 0.6 is 27.3 Å². The molecule has 0 bridgehead atoms. The fourth-order valence-electron chi connectivity index (χ4n) is 0.894. The van der Waals surface area contributed by atoms with E-state index in [0.717, 1.165) is 8.66 Å². The largest absolute Gasteiger partial charge is 0.462 e. The van der Waals surface area contributed by atoms with E-state index in [-0.39, 0.29) is 12.2 Å². The van der Waals surface area contributed by atoms with Gasteiger partial charge in [-0.25, -0.2) is 4.79 Å². The average Bonchev–Trinajstić information content (AvgIpc) is 2.61. The topological polar surface area (TPSA) is 50.1 Å². The van der Waals surface area contributed by atoms with Crippen LogP contribution in [-0.2, 0) is 9.53 Å². The summed E-state index contributed by atoms with van der Waals surface area (Å²) in [5.74, 6) is -0.579. The molecule has 0 saturated heterocycles. The SMILES string of the molecule is CCOC(=O)/C(C#N)=C/c1ccc(Br)s1. The van der Waals surface area contributed by atoms with E-state index >= 15 is 0 Å². The summed E-state index contributed by atoms with van der Waals surface area (Å²) in [4.78, 5) is 12.1. The number of carbonyl (C=O) groups excluding carboxylic acids is 1. The highest BCUT2D eigenvalue weighted by atomic mass is 79.9. The Labute approximate surface area is 100 Å². The highest BCUT2D eigenvalue weighted by Crippen LogP contribution is 2.24. The molecule has 0 N–H and O–H groups in total. The number of hydrogen-bond donors (Lipinski definition) is 0. The van der Waals surface area contributed by atoms with Gasteiger partial charge in [-0.3, -0.25) is 0 Å². The van der Waals surface area contributed by atoms with E-state index in [4.69, 9.17) is 10.00 Å². The third-order valence-corrected chi connectivity index (χ3v) is 3.07. The highest BCUT2D eigenvalue weighted by molar-refractivity contribution is 9.11. The molecule has 0 amide bonds. The van der Waals surface area contributed by atoms with E-state index in [1.54, 1.807) is 6.92 Å². The molecule has 0 aromatic carbocycles. The summed E-state index contributed by atoms with van der Waals surface area (Å²) in [6.45, 7) is 1.97. The number of rotatable bonds is 3. The zero-order valence-electron chi connectivity index (χ0n) is 7.99. The third-order valence-electron chi connectivity index (χ3n) is 1.50. The standard InChI is InChI=1S/C10H8BrNO2S/c1-2-14-10(13)7(6-12)5-8-3-4-9(11)15-8/h3-5H,2H2,1H3/b7-5+. The third kappa shape index (κ3) is 3.50. The average molecular weight is 286 g/mol. The van der Waals surface area contributed by atoms with E-state index in [9.17, 15) is 4.79 Å². The van der Waals surface area contributed by atoms with Gasteiger partial charge in [-0.15, -0.1) is 11.3 Å². The van der Waals surface area contributed by atoms with Crippen LogP contribution < -0.4 is 0 Å². The Morgan fingerprint density at radius 3 is 2.93 bits per heavy atom. The molecule has 0 unspecified atom stereocenters. The van der Waals surface area contributed by atoms with Crippen LogP contribution in [0.2, 0.25) is 0 Å². The normalized spacial score (nSPS) is 10.9. The van der Waals surface area contributed by atoms with Gasteiger partial charge in [-0.1, -0.05) is 0 Å². The number of ether oxygens (including phenoxy) is 1. The van der Waals surface area contributed by atoms with Crippen molar-refractivity contribution in [3.8, 4) is 6.07 Å². The van der Waals surface area contributed by atoms with Crippen LogP contribution in [0.15, 0.2) is 21.5 Å². The Bertz CT molecular complexity index is 431. The summed E-state index contributed by atoms with van der Waals surface area (Å²) in [6, 6.07) is 5.50. The van der Waals surface area contributed by atoms with Crippen molar-refractivity contribution in [2.24, 2.45) is 0 Å². The Hall–Kier alpha value is -1.12. The molecule has 0 aliphatic rings. The Morgan fingerprint density at radius 1 is 1.73 bits per heavy atom. The summed E-state index contributed by atoms with van der Waals surface area (Å²) in [5.41, 5.74) is 0.0196. The fraction of sp³-hybridized carbons (Fsp3) is 0.200. The monoisotopic (exact) mass is 285 g/mol. The highest BCUT2D eigenvalue weighted by Gasteiger charge is 2.09. The first-order valence-electron chi connectivity index (χ1n) is 4.21. The van der Waals surface area contributed by atoms with E-state index in [1.165, 1.54) is 17.4 Å². The maximum Gasteiger partial charge on any atom is 0.348 e. The number of carbonyl (C=O) groups is 1. The van der Waals surface area contributed by atoms with Crippen LogP contribution in [0.5, 0.6) is 0 Å². The Morgan fingerprint density at radius 2 is 2.47 bits per heavy atom. The van der Waals surface area contributed by atoms with Crippen LogP contribution in [0.25, 0.3) is 6.08 Å². The second-order valence-electron chi connectivity index (χ2n) is 2.53. The molecule has 0 aliphatic heterocycles. The number of halogens is 1. The van der Waals surface area contributed by atoms with Gasteiger partial charge in [0.05, 0.1) is 10.4 Å². The van der Waals surface area contributed by atoms with Gasteiger partial charge in [-0.05, 0) is 41.1 Å². The van der Waals surface area contributed by atoms with E-state index < -0.39 is 5.97 Å². The first kappa shape index (κ1) is 12.0. The second-order valence-corrected chi connectivity index (χ2v) is 5.03. The number of nitriles is 1. The molecule has 0 atom stereocenters. The summed E-state index contributed by atoms with van der Waals surface area (Å²) >= 11 is 4.75. The molecule has 5 heteroatoms. The van der Waals surface area contributed by atoms with Crippen molar-refractivity contribution in [1.29, 1.82) is 5.26 Å². The number of hydrogen-bond acceptors (Lipinski definition) is 4. The summed E-state index contributed by atoms with van der Waals surface area (Å²) < 4.78 is 5.69. The van der Waals surface area contributed by atoms with Gasteiger partial charge in [0.1, 0.15) is 11.6 Å². The molecule has 78 valence electrons. The van der Waals surface area contributed by atoms with Crippen LogP contribution in [0.1, 0.15) is 11.8 Å². The first-order valence-corrected chi connectivity index (χ1v) is 5.82. The molecule has 1 aromatic heterocycles.